The summed E-state index contributed by atoms with van der Waals surface area (Å²) in [5.74, 6) is -1.44. The van der Waals surface area contributed by atoms with E-state index in [2.05, 4.69) is 10.8 Å². The lowest BCUT2D eigenvalue weighted by Gasteiger charge is -2.32. The Morgan fingerprint density at radius 2 is 1.70 bits per heavy atom. The lowest BCUT2D eigenvalue weighted by atomic mass is 9.95. The average molecular weight is 403 g/mol. The number of hydrogen-bond donors (Lipinski definition) is 1. The molecule has 1 heterocycles. The van der Waals surface area contributed by atoms with Gasteiger partial charge in [-0.25, -0.2) is 0 Å². The predicted molar refractivity (Wildman–Crippen MR) is 96.0 cm³/mol. The molecule has 0 saturated carbocycles. The van der Waals surface area contributed by atoms with E-state index in [9.17, 15) is 26.9 Å². The van der Waals surface area contributed by atoms with Crippen LogP contribution in [0.15, 0.2) is 12.1 Å². The molecule has 150 valence electrons. The minimum absolute atomic E-state index is 0.0350. The first kappa shape index (κ1) is 21.7. The van der Waals surface area contributed by atoms with Crippen LogP contribution in [-0.4, -0.2) is 32.0 Å². The maximum atomic E-state index is 12.7. The Labute approximate surface area is 158 Å². The zero-order valence-electron chi connectivity index (χ0n) is 15.4. The highest BCUT2D eigenvalue weighted by molar-refractivity contribution is 7.87. The zero-order chi connectivity index (χ0) is 20.2. The first-order valence-corrected chi connectivity index (χ1v) is 10.4. The van der Waals surface area contributed by atoms with Crippen LogP contribution in [-0.2, 0) is 29.6 Å². The highest BCUT2D eigenvalue weighted by Crippen LogP contribution is 2.34. The number of aryl methyl sites for hydroxylation is 2. The second kappa shape index (κ2) is 8.59. The van der Waals surface area contributed by atoms with Crippen LogP contribution in [0.2, 0.25) is 0 Å². The van der Waals surface area contributed by atoms with Gasteiger partial charge >= 0.3 is 6.18 Å². The molecule has 1 N–H and O–H groups in total. The summed E-state index contributed by atoms with van der Waals surface area (Å²) in [6, 6.07) is 5.80. The van der Waals surface area contributed by atoms with Gasteiger partial charge in [0, 0.05) is 19.6 Å². The lowest BCUT2D eigenvalue weighted by Crippen LogP contribution is -2.46. The first-order chi connectivity index (χ1) is 12.6. The molecular weight excluding hydrogens is 379 g/mol. The largest absolute Gasteiger partial charge is 0.391 e. The number of alkyl halides is 3. The summed E-state index contributed by atoms with van der Waals surface area (Å²) < 4.78 is 66.6. The van der Waals surface area contributed by atoms with Crippen LogP contribution in [0.1, 0.15) is 48.9 Å². The van der Waals surface area contributed by atoms with Crippen molar-refractivity contribution in [3.8, 4) is 6.07 Å². The topological polar surface area (TPSA) is 73.2 Å². The monoisotopic (exact) mass is 403 g/mol. The number of nitrogens with one attached hydrogen (secondary N) is 1. The van der Waals surface area contributed by atoms with E-state index in [4.69, 9.17) is 0 Å². The molecule has 1 aromatic rings. The molecule has 1 aliphatic heterocycles. The van der Waals surface area contributed by atoms with Gasteiger partial charge in [-0.15, -0.1) is 0 Å². The van der Waals surface area contributed by atoms with Crippen LogP contribution in [0.3, 0.4) is 0 Å². The predicted octanol–water partition coefficient (Wildman–Crippen LogP) is 3.29. The molecule has 0 radical (unpaired) electrons. The Hall–Kier alpha value is -1.63. The molecule has 1 aromatic carbocycles. The molecule has 27 heavy (non-hydrogen) atoms. The van der Waals surface area contributed by atoms with Crippen molar-refractivity contribution in [3.05, 3.63) is 34.4 Å². The van der Waals surface area contributed by atoms with Crippen LogP contribution in [0.4, 0.5) is 13.2 Å². The number of piperidine rings is 1. The molecule has 0 bridgehead atoms. The van der Waals surface area contributed by atoms with Crippen molar-refractivity contribution < 1.29 is 21.6 Å². The minimum atomic E-state index is -4.28. The molecule has 5 nitrogen and oxygen atoms in total. The molecular formula is C18H24F3N3O2S. The van der Waals surface area contributed by atoms with Crippen molar-refractivity contribution in [2.24, 2.45) is 5.92 Å². The van der Waals surface area contributed by atoms with Gasteiger partial charge < -0.3 is 0 Å². The smallest absolute Gasteiger partial charge is 0.198 e. The molecule has 9 heteroatoms. The Bertz CT molecular complexity index is 783. The van der Waals surface area contributed by atoms with Crippen LogP contribution >= 0.6 is 0 Å². The van der Waals surface area contributed by atoms with E-state index in [0.29, 0.717) is 18.4 Å². The zero-order valence-corrected chi connectivity index (χ0v) is 16.3. The maximum absolute atomic E-state index is 12.7. The highest BCUT2D eigenvalue weighted by atomic mass is 32.2. The fourth-order valence-corrected chi connectivity index (χ4v) is 4.56. The fourth-order valence-electron chi connectivity index (χ4n) is 3.33. The van der Waals surface area contributed by atoms with Crippen LogP contribution in [0.5, 0.6) is 0 Å². The van der Waals surface area contributed by atoms with Crippen molar-refractivity contribution in [3.63, 3.8) is 0 Å². The van der Waals surface area contributed by atoms with Gasteiger partial charge in [0.05, 0.1) is 17.6 Å². The quantitative estimate of drug-likeness (QED) is 0.792. The molecule has 0 spiro atoms. The summed E-state index contributed by atoms with van der Waals surface area (Å²) in [6.07, 6.45) is -3.41. The van der Waals surface area contributed by atoms with Gasteiger partial charge in [-0.1, -0.05) is 26.0 Å². The van der Waals surface area contributed by atoms with E-state index < -0.39 is 22.3 Å². The molecule has 0 aromatic heterocycles. The van der Waals surface area contributed by atoms with E-state index in [1.54, 1.807) is 12.1 Å². The second-order valence-corrected chi connectivity index (χ2v) is 8.40. The van der Waals surface area contributed by atoms with Crippen molar-refractivity contribution in [2.75, 3.05) is 13.1 Å². The number of nitrogens with zero attached hydrogens (tertiary/aromatic N) is 2. The first-order valence-electron chi connectivity index (χ1n) is 8.98. The van der Waals surface area contributed by atoms with Gasteiger partial charge in [-0.05, 0) is 42.4 Å². The van der Waals surface area contributed by atoms with Crippen LogP contribution in [0.25, 0.3) is 0 Å². The van der Waals surface area contributed by atoms with E-state index in [1.807, 2.05) is 13.8 Å². The average Bonchev–Trinajstić information content (AvgIpc) is 2.64. The molecule has 0 atom stereocenters. The van der Waals surface area contributed by atoms with Crippen molar-refractivity contribution in [1.82, 2.24) is 9.03 Å². The molecule has 1 aliphatic rings. The van der Waals surface area contributed by atoms with Crippen molar-refractivity contribution >= 4 is 10.2 Å². The van der Waals surface area contributed by atoms with Crippen molar-refractivity contribution in [1.29, 1.82) is 5.26 Å². The van der Waals surface area contributed by atoms with Gasteiger partial charge in [0.2, 0.25) is 0 Å². The highest BCUT2D eigenvalue weighted by Gasteiger charge is 2.42. The third-order valence-corrected chi connectivity index (χ3v) is 6.50. The van der Waals surface area contributed by atoms with Crippen LogP contribution in [0, 0.1) is 17.2 Å². The fraction of sp³-hybridized carbons (Fsp3) is 0.611. The summed E-state index contributed by atoms with van der Waals surface area (Å²) in [5.41, 5.74) is 3.08. The molecule has 1 saturated heterocycles. The number of rotatable bonds is 6. The van der Waals surface area contributed by atoms with Gasteiger partial charge in [0.15, 0.2) is 0 Å². The van der Waals surface area contributed by atoms with Gasteiger partial charge in [-0.3, -0.25) is 0 Å². The minimum Gasteiger partial charge on any atom is -0.198 e. The van der Waals surface area contributed by atoms with Crippen molar-refractivity contribution in [2.45, 2.75) is 52.3 Å². The molecule has 0 aliphatic carbocycles. The van der Waals surface area contributed by atoms with Gasteiger partial charge in [0.25, 0.3) is 10.2 Å². The number of hydrogen-bond acceptors (Lipinski definition) is 3. The third kappa shape index (κ3) is 5.21. The molecule has 1 fully saturated rings. The number of benzene rings is 1. The number of nitriles is 1. The Morgan fingerprint density at radius 3 is 2.11 bits per heavy atom. The summed E-state index contributed by atoms with van der Waals surface area (Å²) in [4.78, 5) is 0. The summed E-state index contributed by atoms with van der Waals surface area (Å²) in [7, 11) is -3.85. The van der Waals surface area contributed by atoms with E-state index in [0.717, 1.165) is 21.0 Å². The Kier molecular flexibility index (Phi) is 6.89. The third-order valence-electron chi connectivity index (χ3n) is 4.95. The maximum Gasteiger partial charge on any atom is 0.391 e. The second-order valence-electron chi connectivity index (χ2n) is 6.65. The lowest BCUT2D eigenvalue weighted by molar-refractivity contribution is -0.182. The van der Waals surface area contributed by atoms with E-state index in [1.165, 1.54) is 0 Å². The number of halogens is 3. The SMILES string of the molecule is CCc1cc(CNS(=O)(=O)N2CCC(C(F)(F)F)CC2)cc(CC)c1C#N. The summed E-state index contributed by atoms with van der Waals surface area (Å²) >= 11 is 0. The molecule has 0 amide bonds. The normalized spacial score (nSPS) is 17.0. The molecule has 0 unspecified atom stereocenters. The molecule has 2 rings (SSSR count). The standard InChI is InChI=1S/C18H24F3N3O2S/c1-3-14-9-13(10-15(4-2)17(14)11-22)12-23-27(25,26)24-7-5-16(6-8-24)18(19,20)21/h9-10,16,23H,3-8,12H2,1-2H3. The summed E-state index contributed by atoms with van der Waals surface area (Å²) in [5, 5.41) is 9.31. The Balaban J connectivity index is 2.07. The van der Waals surface area contributed by atoms with Crippen LogP contribution < -0.4 is 4.72 Å². The van der Waals surface area contributed by atoms with Gasteiger partial charge in [0.1, 0.15) is 0 Å². The van der Waals surface area contributed by atoms with E-state index >= 15 is 0 Å². The summed E-state index contributed by atoms with van der Waals surface area (Å²) in [6.45, 7) is 3.59. The van der Waals surface area contributed by atoms with Gasteiger partial charge in [-0.2, -0.15) is 35.9 Å². The van der Waals surface area contributed by atoms with E-state index in [-0.39, 0.29) is 32.5 Å². The Morgan fingerprint density at radius 1 is 1.19 bits per heavy atom.